The molecular formula is C18H18N4O5S. The zero-order chi connectivity index (χ0) is 20.1. The first kappa shape index (κ1) is 18.3. The number of aliphatic hydroxyl groups excluding tert-OH is 1. The van der Waals surface area contributed by atoms with Crippen LogP contribution < -0.4 is 14.8 Å². The quantitative estimate of drug-likeness (QED) is 0.609. The first-order valence-corrected chi connectivity index (χ1v) is 9.97. The Labute approximate surface area is 161 Å². The molecule has 146 valence electrons. The van der Waals surface area contributed by atoms with Gasteiger partial charge in [-0.25, -0.2) is 13.4 Å². The summed E-state index contributed by atoms with van der Waals surface area (Å²) < 4.78 is 35.2. The molecule has 0 spiro atoms. The van der Waals surface area contributed by atoms with Crippen LogP contribution in [0.1, 0.15) is 12.7 Å². The lowest BCUT2D eigenvalue weighted by Gasteiger charge is -2.23. The van der Waals surface area contributed by atoms with Gasteiger partial charge in [0.1, 0.15) is 18.2 Å². The van der Waals surface area contributed by atoms with Gasteiger partial charge in [0.05, 0.1) is 27.3 Å². The molecule has 0 saturated heterocycles. The predicted molar refractivity (Wildman–Crippen MR) is 103 cm³/mol. The molecule has 28 heavy (non-hydrogen) atoms. The van der Waals surface area contributed by atoms with Crippen LogP contribution in [-0.2, 0) is 28.5 Å². The number of aryl methyl sites for hydroxylation is 1. The highest BCUT2D eigenvalue weighted by molar-refractivity contribution is 7.92. The van der Waals surface area contributed by atoms with E-state index in [-0.39, 0.29) is 17.4 Å². The third kappa shape index (κ3) is 3.06. The molecule has 3 aromatic rings. The second-order valence-electron chi connectivity index (χ2n) is 6.46. The monoisotopic (exact) mass is 402 g/mol. The molecule has 1 aromatic heterocycles. The molecule has 3 N–H and O–H groups in total. The van der Waals surface area contributed by atoms with Crippen molar-refractivity contribution in [2.75, 3.05) is 10.0 Å². The Bertz CT molecular complexity index is 1200. The molecule has 10 heteroatoms. The van der Waals surface area contributed by atoms with Crippen LogP contribution in [0.5, 0.6) is 5.75 Å². The van der Waals surface area contributed by atoms with Gasteiger partial charge in [0.2, 0.25) is 0 Å². The molecule has 0 aliphatic carbocycles. The van der Waals surface area contributed by atoms with Crippen molar-refractivity contribution in [1.29, 1.82) is 0 Å². The lowest BCUT2D eigenvalue weighted by atomic mass is 10.2. The highest BCUT2D eigenvalue weighted by Crippen LogP contribution is 2.32. The molecule has 1 atom stereocenters. The largest absolute Gasteiger partial charge is 0.479 e. The standard InChI is InChI=1S/C18H18N4O5S/c1-10-18(24)20-14-8-12(4-6-16(14)27-10)28(25,26)21-11-3-5-15-13(7-11)19-17(9-23)22(15)2/h3-8,10,21,23H,9H2,1-2H3,(H,20,24). The van der Waals surface area contributed by atoms with Gasteiger partial charge in [-0.15, -0.1) is 0 Å². The summed E-state index contributed by atoms with van der Waals surface area (Å²) in [4.78, 5) is 16.0. The molecule has 0 radical (unpaired) electrons. The van der Waals surface area contributed by atoms with Crippen molar-refractivity contribution >= 4 is 38.3 Å². The number of aliphatic hydroxyl groups is 1. The summed E-state index contributed by atoms with van der Waals surface area (Å²) in [6.07, 6.45) is -0.637. The van der Waals surface area contributed by atoms with E-state index in [1.807, 2.05) is 0 Å². The third-order valence-electron chi connectivity index (χ3n) is 4.56. The topological polar surface area (TPSA) is 123 Å². The molecule has 1 aliphatic heterocycles. The number of fused-ring (bicyclic) bond motifs is 2. The SMILES string of the molecule is CC1Oc2ccc(S(=O)(=O)Nc3ccc4c(c3)nc(CO)n4C)cc2NC1=O. The minimum Gasteiger partial charge on any atom is -0.479 e. The van der Waals surface area contributed by atoms with Crippen LogP contribution in [-0.4, -0.2) is 35.1 Å². The van der Waals surface area contributed by atoms with Crippen molar-refractivity contribution in [2.24, 2.45) is 7.05 Å². The molecule has 1 aliphatic rings. The van der Waals surface area contributed by atoms with E-state index in [0.717, 1.165) is 5.52 Å². The van der Waals surface area contributed by atoms with Crippen LogP contribution in [0.3, 0.4) is 0 Å². The number of hydrogen-bond acceptors (Lipinski definition) is 6. The number of carbonyl (C=O) groups excluding carboxylic acids is 1. The number of amides is 1. The second-order valence-corrected chi connectivity index (χ2v) is 8.14. The Morgan fingerprint density at radius 1 is 1.29 bits per heavy atom. The summed E-state index contributed by atoms with van der Waals surface area (Å²) in [6.45, 7) is 1.40. The zero-order valence-corrected chi connectivity index (χ0v) is 15.9. The van der Waals surface area contributed by atoms with E-state index in [2.05, 4.69) is 15.0 Å². The van der Waals surface area contributed by atoms with E-state index in [1.165, 1.54) is 18.2 Å². The van der Waals surface area contributed by atoms with Gasteiger partial charge < -0.3 is 19.7 Å². The van der Waals surface area contributed by atoms with Crippen molar-refractivity contribution in [1.82, 2.24) is 9.55 Å². The molecule has 9 nitrogen and oxygen atoms in total. The summed E-state index contributed by atoms with van der Waals surface area (Å²) in [5.41, 5.74) is 1.97. The van der Waals surface area contributed by atoms with Gasteiger partial charge >= 0.3 is 0 Å². The summed E-state index contributed by atoms with van der Waals surface area (Å²) in [7, 11) is -2.12. The lowest BCUT2D eigenvalue weighted by molar-refractivity contribution is -0.122. The zero-order valence-electron chi connectivity index (χ0n) is 15.1. The maximum atomic E-state index is 12.8. The highest BCUT2D eigenvalue weighted by atomic mass is 32.2. The van der Waals surface area contributed by atoms with Crippen LogP contribution in [0.25, 0.3) is 11.0 Å². The predicted octanol–water partition coefficient (Wildman–Crippen LogP) is 1.59. The fraction of sp³-hybridized carbons (Fsp3) is 0.222. The van der Waals surface area contributed by atoms with Gasteiger partial charge in [0, 0.05) is 7.05 Å². The van der Waals surface area contributed by atoms with Gasteiger partial charge in [-0.2, -0.15) is 0 Å². The second kappa shape index (κ2) is 6.50. The van der Waals surface area contributed by atoms with Gasteiger partial charge in [0.15, 0.2) is 6.10 Å². The van der Waals surface area contributed by atoms with E-state index >= 15 is 0 Å². The van der Waals surface area contributed by atoms with E-state index in [4.69, 9.17) is 4.74 Å². The smallest absolute Gasteiger partial charge is 0.265 e. The minimum atomic E-state index is -3.90. The number of ether oxygens (including phenoxy) is 1. The van der Waals surface area contributed by atoms with E-state index in [0.29, 0.717) is 28.5 Å². The molecule has 2 heterocycles. The summed E-state index contributed by atoms with van der Waals surface area (Å²) in [5, 5.41) is 12.0. The van der Waals surface area contributed by atoms with E-state index in [1.54, 1.807) is 36.7 Å². The van der Waals surface area contributed by atoms with Crippen LogP contribution in [0.2, 0.25) is 0 Å². The van der Waals surface area contributed by atoms with Crippen molar-refractivity contribution < 1.29 is 23.1 Å². The summed E-state index contributed by atoms with van der Waals surface area (Å²) in [6, 6.07) is 9.21. The molecule has 1 amide bonds. The maximum Gasteiger partial charge on any atom is 0.265 e. The maximum absolute atomic E-state index is 12.8. The van der Waals surface area contributed by atoms with Crippen molar-refractivity contribution in [2.45, 2.75) is 24.5 Å². The van der Waals surface area contributed by atoms with Crippen molar-refractivity contribution in [3.8, 4) is 5.75 Å². The number of benzene rings is 2. The third-order valence-corrected chi connectivity index (χ3v) is 5.94. The minimum absolute atomic E-state index is 0.0122. The van der Waals surface area contributed by atoms with Crippen LogP contribution in [0.4, 0.5) is 11.4 Å². The number of rotatable bonds is 4. The highest BCUT2D eigenvalue weighted by Gasteiger charge is 2.25. The fourth-order valence-electron chi connectivity index (χ4n) is 3.02. The first-order valence-electron chi connectivity index (χ1n) is 8.49. The Hall–Kier alpha value is -3.11. The molecule has 0 saturated carbocycles. The average Bonchev–Trinajstić information content (AvgIpc) is 2.97. The van der Waals surface area contributed by atoms with Crippen molar-refractivity contribution in [3.63, 3.8) is 0 Å². The molecule has 1 unspecified atom stereocenters. The Morgan fingerprint density at radius 3 is 2.82 bits per heavy atom. The van der Waals surface area contributed by atoms with Crippen LogP contribution in [0.15, 0.2) is 41.3 Å². The number of imidazole rings is 1. The first-order chi connectivity index (χ1) is 13.3. The molecule has 0 fully saturated rings. The normalized spacial score (nSPS) is 16.4. The summed E-state index contributed by atoms with van der Waals surface area (Å²) >= 11 is 0. The molecule has 0 bridgehead atoms. The number of nitrogens with one attached hydrogen (secondary N) is 2. The Balaban J connectivity index is 1.65. The van der Waals surface area contributed by atoms with E-state index < -0.39 is 16.1 Å². The summed E-state index contributed by atoms with van der Waals surface area (Å²) in [5.74, 6) is 0.558. The number of nitrogens with zero attached hydrogens (tertiary/aromatic N) is 2. The van der Waals surface area contributed by atoms with Gasteiger partial charge in [-0.3, -0.25) is 9.52 Å². The number of aromatic nitrogens is 2. The van der Waals surface area contributed by atoms with Crippen molar-refractivity contribution in [3.05, 3.63) is 42.2 Å². The van der Waals surface area contributed by atoms with Crippen LogP contribution >= 0.6 is 0 Å². The van der Waals surface area contributed by atoms with Crippen LogP contribution in [0, 0.1) is 0 Å². The molecule has 4 rings (SSSR count). The number of carbonyl (C=O) groups is 1. The number of anilines is 2. The Morgan fingerprint density at radius 2 is 2.07 bits per heavy atom. The molecule has 2 aromatic carbocycles. The fourth-order valence-corrected chi connectivity index (χ4v) is 4.10. The van der Waals surface area contributed by atoms with Gasteiger partial charge in [0.25, 0.3) is 15.9 Å². The average molecular weight is 402 g/mol. The lowest BCUT2D eigenvalue weighted by Crippen LogP contribution is -2.34. The Kier molecular flexibility index (Phi) is 4.24. The van der Waals surface area contributed by atoms with E-state index in [9.17, 15) is 18.3 Å². The number of sulfonamides is 1. The van der Waals surface area contributed by atoms with Gasteiger partial charge in [-0.05, 0) is 43.3 Å². The number of hydrogen-bond donors (Lipinski definition) is 3. The van der Waals surface area contributed by atoms with Gasteiger partial charge in [-0.1, -0.05) is 0 Å². The molecular weight excluding hydrogens is 384 g/mol.